The van der Waals surface area contributed by atoms with Crippen LogP contribution in [0.1, 0.15) is 43.8 Å². The van der Waals surface area contributed by atoms with Crippen LogP contribution in [0, 0.1) is 11.7 Å². The fraction of sp³-hybridized carbons (Fsp3) is 0.667. The lowest BCUT2D eigenvalue weighted by atomic mass is 9.90. The predicted molar refractivity (Wildman–Crippen MR) is 95.1 cm³/mol. The largest absolute Gasteiger partial charge is 0.387 e. The van der Waals surface area contributed by atoms with Crippen LogP contribution in [-0.2, 0) is 10.0 Å². The van der Waals surface area contributed by atoms with Crippen LogP contribution >= 0.6 is 0 Å². The minimum atomic E-state index is -3.08. The zero-order valence-corrected chi connectivity index (χ0v) is 15.4. The van der Waals surface area contributed by atoms with Gasteiger partial charge in [0.05, 0.1) is 12.4 Å². The van der Waals surface area contributed by atoms with Gasteiger partial charge in [0.2, 0.25) is 10.0 Å². The summed E-state index contributed by atoms with van der Waals surface area (Å²) in [7, 11) is -3.08. The summed E-state index contributed by atoms with van der Waals surface area (Å²) in [5.41, 5.74) is 0.611. The van der Waals surface area contributed by atoms with Crippen molar-refractivity contribution in [2.24, 2.45) is 5.92 Å². The van der Waals surface area contributed by atoms with E-state index in [9.17, 15) is 17.9 Å². The lowest BCUT2D eigenvalue weighted by molar-refractivity contribution is 0.133. The van der Waals surface area contributed by atoms with Crippen molar-refractivity contribution < 1.29 is 17.9 Å². The zero-order valence-electron chi connectivity index (χ0n) is 14.6. The summed E-state index contributed by atoms with van der Waals surface area (Å²) in [5.74, 6) is 0.185. The standard InChI is InChI=1S/C18H27FN2O3S/c1-25(23,24)21-9-7-13(8-10-21)11-16-5-6-17(20-16)18(22)14-3-2-4-15(19)12-14/h2-4,12-13,16-18,20,22H,5-11H2,1H3/t16-,17+,18+/m0/s1. The Morgan fingerprint density at radius 3 is 2.64 bits per heavy atom. The molecule has 0 bridgehead atoms. The lowest BCUT2D eigenvalue weighted by Crippen LogP contribution is -2.40. The molecule has 3 atom stereocenters. The van der Waals surface area contributed by atoms with Crippen molar-refractivity contribution in [3.05, 3.63) is 35.6 Å². The van der Waals surface area contributed by atoms with Crippen LogP contribution < -0.4 is 5.32 Å². The molecule has 1 aromatic carbocycles. The molecule has 0 amide bonds. The Hall–Kier alpha value is -1.02. The van der Waals surface area contributed by atoms with Gasteiger partial charge >= 0.3 is 0 Å². The second kappa shape index (κ2) is 7.70. The third-order valence-electron chi connectivity index (χ3n) is 5.51. The Bertz CT molecular complexity index is 689. The molecule has 7 heteroatoms. The van der Waals surface area contributed by atoms with E-state index in [2.05, 4.69) is 5.32 Å². The smallest absolute Gasteiger partial charge is 0.211 e. The molecule has 0 saturated carbocycles. The van der Waals surface area contributed by atoms with Gasteiger partial charge in [0, 0.05) is 25.2 Å². The average molecular weight is 370 g/mol. The Labute approximate surface area is 149 Å². The summed E-state index contributed by atoms with van der Waals surface area (Å²) in [6, 6.07) is 6.43. The number of hydrogen-bond acceptors (Lipinski definition) is 4. The van der Waals surface area contributed by atoms with Crippen LogP contribution in [0.5, 0.6) is 0 Å². The molecule has 2 aliphatic heterocycles. The summed E-state index contributed by atoms with van der Waals surface area (Å²) < 4.78 is 38.0. The summed E-state index contributed by atoms with van der Waals surface area (Å²) in [4.78, 5) is 0. The second-order valence-corrected chi connectivity index (χ2v) is 9.37. The van der Waals surface area contributed by atoms with Gasteiger partial charge < -0.3 is 10.4 Å². The van der Waals surface area contributed by atoms with Crippen molar-refractivity contribution in [3.8, 4) is 0 Å². The molecular weight excluding hydrogens is 343 g/mol. The van der Waals surface area contributed by atoms with Gasteiger partial charge in [-0.2, -0.15) is 0 Å². The van der Waals surface area contributed by atoms with E-state index in [-0.39, 0.29) is 11.9 Å². The molecule has 0 radical (unpaired) electrons. The van der Waals surface area contributed by atoms with Crippen LogP contribution in [-0.4, -0.2) is 49.3 Å². The minimum absolute atomic E-state index is 0.0529. The predicted octanol–water partition coefficient (Wildman–Crippen LogP) is 2.04. The van der Waals surface area contributed by atoms with Gasteiger partial charge in [-0.3, -0.25) is 0 Å². The molecule has 2 fully saturated rings. The number of nitrogens with zero attached hydrogens (tertiary/aromatic N) is 1. The van der Waals surface area contributed by atoms with Gasteiger partial charge in [-0.25, -0.2) is 17.1 Å². The fourth-order valence-corrected chi connectivity index (χ4v) is 4.96. The van der Waals surface area contributed by atoms with Crippen LogP contribution in [0.25, 0.3) is 0 Å². The normalized spacial score (nSPS) is 27.5. The molecule has 3 rings (SSSR count). The molecule has 140 valence electrons. The van der Waals surface area contributed by atoms with E-state index in [0.717, 1.165) is 32.1 Å². The van der Waals surface area contributed by atoms with E-state index in [0.29, 0.717) is 30.6 Å². The van der Waals surface area contributed by atoms with Crippen LogP contribution in [0.4, 0.5) is 4.39 Å². The maximum atomic E-state index is 13.3. The quantitative estimate of drug-likeness (QED) is 0.832. The first-order valence-electron chi connectivity index (χ1n) is 8.97. The Morgan fingerprint density at radius 1 is 1.28 bits per heavy atom. The zero-order chi connectivity index (χ0) is 18.0. The van der Waals surface area contributed by atoms with E-state index < -0.39 is 16.1 Å². The van der Waals surface area contributed by atoms with E-state index in [4.69, 9.17) is 0 Å². The van der Waals surface area contributed by atoms with Crippen molar-refractivity contribution in [2.75, 3.05) is 19.3 Å². The maximum absolute atomic E-state index is 13.3. The molecule has 0 spiro atoms. The summed E-state index contributed by atoms with van der Waals surface area (Å²) in [6.45, 7) is 1.21. The molecule has 25 heavy (non-hydrogen) atoms. The highest BCUT2D eigenvalue weighted by molar-refractivity contribution is 7.88. The maximum Gasteiger partial charge on any atom is 0.211 e. The molecule has 0 unspecified atom stereocenters. The van der Waals surface area contributed by atoms with Gasteiger partial charge in [0.25, 0.3) is 0 Å². The molecule has 2 heterocycles. The lowest BCUT2D eigenvalue weighted by Gasteiger charge is -2.31. The van der Waals surface area contributed by atoms with Gasteiger partial charge in [0.15, 0.2) is 0 Å². The number of rotatable bonds is 5. The number of hydrogen-bond donors (Lipinski definition) is 2. The Morgan fingerprint density at radius 2 is 2.00 bits per heavy atom. The fourth-order valence-electron chi connectivity index (χ4n) is 4.09. The van der Waals surface area contributed by atoms with E-state index in [1.807, 2.05) is 0 Å². The molecule has 0 aromatic heterocycles. The molecule has 2 aliphatic rings. The Kier molecular flexibility index (Phi) is 5.78. The Balaban J connectivity index is 1.49. The van der Waals surface area contributed by atoms with E-state index >= 15 is 0 Å². The van der Waals surface area contributed by atoms with Crippen molar-refractivity contribution in [1.29, 1.82) is 0 Å². The van der Waals surface area contributed by atoms with Crippen molar-refractivity contribution >= 4 is 10.0 Å². The first kappa shape index (κ1) is 18.8. The average Bonchev–Trinajstić information content (AvgIpc) is 3.02. The minimum Gasteiger partial charge on any atom is -0.387 e. The number of piperidine rings is 1. The number of halogens is 1. The topological polar surface area (TPSA) is 69.6 Å². The molecule has 0 aliphatic carbocycles. The molecule has 1 aromatic rings. The highest BCUT2D eigenvalue weighted by Gasteiger charge is 2.33. The molecule has 2 saturated heterocycles. The van der Waals surface area contributed by atoms with E-state index in [1.165, 1.54) is 18.4 Å². The van der Waals surface area contributed by atoms with Crippen molar-refractivity contribution in [3.63, 3.8) is 0 Å². The van der Waals surface area contributed by atoms with Gasteiger partial charge in [-0.1, -0.05) is 12.1 Å². The summed E-state index contributed by atoms with van der Waals surface area (Å²) in [6.07, 6.45) is 5.21. The van der Waals surface area contributed by atoms with Crippen molar-refractivity contribution in [2.45, 2.75) is 50.3 Å². The highest BCUT2D eigenvalue weighted by Crippen LogP contribution is 2.31. The number of benzene rings is 1. The van der Waals surface area contributed by atoms with Crippen LogP contribution in [0.15, 0.2) is 24.3 Å². The van der Waals surface area contributed by atoms with Gasteiger partial charge in [-0.05, 0) is 55.7 Å². The van der Waals surface area contributed by atoms with Crippen molar-refractivity contribution in [1.82, 2.24) is 9.62 Å². The molecular formula is C18H27FN2O3S. The van der Waals surface area contributed by atoms with Crippen LogP contribution in [0.2, 0.25) is 0 Å². The summed E-state index contributed by atoms with van der Waals surface area (Å²) in [5, 5.41) is 14.0. The third-order valence-corrected chi connectivity index (χ3v) is 6.81. The van der Waals surface area contributed by atoms with Gasteiger partial charge in [0.1, 0.15) is 5.82 Å². The van der Waals surface area contributed by atoms with E-state index in [1.54, 1.807) is 16.4 Å². The summed E-state index contributed by atoms with van der Waals surface area (Å²) >= 11 is 0. The van der Waals surface area contributed by atoms with Crippen LogP contribution in [0.3, 0.4) is 0 Å². The number of sulfonamides is 1. The molecule has 2 N–H and O–H groups in total. The SMILES string of the molecule is CS(=O)(=O)N1CCC(C[C@@H]2CC[C@H]([C@H](O)c3cccc(F)c3)N2)CC1. The number of aliphatic hydroxyl groups excluding tert-OH is 1. The number of aliphatic hydroxyl groups is 1. The monoisotopic (exact) mass is 370 g/mol. The number of nitrogens with one attached hydrogen (secondary N) is 1. The highest BCUT2D eigenvalue weighted by atomic mass is 32.2. The third kappa shape index (κ3) is 4.78. The van der Waals surface area contributed by atoms with Gasteiger partial charge in [-0.15, -0.1) is 0 Å². The molecule has 5 nitrogen and oxygen atoms in total. The second-order valence-electron chi connectivity index (χ2n) is 7.39. The first-order valence-corrected chi connectivity index (χ1v) is 10.8. The first-order chi connectivity index (χ1) is 11.8.